The van der Waals surface area contributed by atoms with Gasteiger partial charge in [-0.2, -0.15) is 11.3 Å². The van der Waals surface area contributed by atoms with Crippen molar-refractivity contribution >= 4 is 11.3 Å². The van der Waals surface area contributed by atoms with Crippen LogP contribution in [-0.2, 0) is 6.42 Å². The van der Waals surface area contributed by atoms with E-state index in [2.05, 4.69) is 16.8 Å². The number of halogens is 2. The second-order valence-corrected chi connectivity index (χ2v) is 4.99. The Morgan fingerprint density at radius 3 is 2.50 bits per heavy atom. The molecule has 1 unspecified atom stereocenters. The van der Waals surface area contributed by atoms with Crippen molar-refractivity contribution in [3.8, 4) is 0 Å². The van der Waals surface area contributed by atoms with Crippen molar-refractivity contribution < 1.29 is 8.78 Å². The van der Waals surface area contributed by atoms with Gasteiger partial charge in [0.1, 0.15) is 11.6 Å². The number of hydrogen-bond donors (Lipinski definition) is 1. The molecule has 1 nitrogen and oxygen atoms in total. The van der Waals surface area contributed by atoms with Crippen molar-refractivity contribution in [3.05, 3.63) is 57.8 Å². The van der Waals surface area contributed by atoms with Gasteiger partial charge in [0.15, 0.2) is 0 Å². The first kappa shape index (κ1) is 13.2. The molecule has 0 aliphatic rings. The average molecular weight is 267 g/mol. The van der Waals surface area contributed by atoms with Crippen molar-refractivity contribution in [2.24, 2.45) is 0 Å². The zero-order valence-electron chi connectivity index (χ0n) is 10.1. The van der Waals surface area contributed by atoms with E-state index < -0.39 is 11.6 Å². The van der Waals surface area contributed by atoms with Crippen LogP contribution >= 0.6 is 11.3 Å². The first-order valence-corrected chi connectivity index (χ1v) is 6.77. The number of nitrogens with one attached hydrogen (secondary N) is 1. The van der Waals surface area contributed by atoms with Crippen LogP contribution in [0.1, 0.15) is 23.6 Å². The third-order valence-corrected chi connectivity index (χ3v) is 3.67. The molecule has 0 aliphatic heterocycles. The normalized spacial score (nSPS) is 12.6. The van der Waals surface area contributed by atoms with E-state index in [1.807, 2.05) is 5.38 Å². The lowest BCUT2D eigenvalue weighted by Gasteiger charge is -2.16. The van der Waals surface area contributed by atoms with Crippen LogP contribution in [0, 0.1) is 11.6 Å². The van der Waals surface area contributed by atoms with Gasteiger partial charge in [0.25, 0.3) is 0 Å². The zero-order valence-corrected chi connectivity index (χ0v) is 10.9. The fourth-order valence-electron chi connectivity index (χ4n) is 2.00. The average Bonchev–Trinajstić information content (AvgIpc) is 2.81. The van der Waals surface area contributed by atoms with Crippen LogP contribution in [-0.4, -0.2) is 7.05 Å². The van der Waals surface area contributed by atoms with Gasteiger partial charge in [-0.05, 0) is 60.0 Å². The lowest BCUT2D eigenvalue weighted by atomic mass is 10.00. The van der Waals surface area contributed by atoms with Gasteiger partial charge in [-0.15, -0.1) is 0 Å². The highest BCUT2D eigenvalue weighted by Crippen LogP contribution is 2.21. The van der Waals surface area contributed by atoms with Gasteiger partial charge in [-0.3, -0.25) is 0 Å². The first-order chi connectivity index (χ1) is 8.69. The number of hydrogen-bond acceptors (Lipinski definition) is 2. The molecule has 0 aliphatic carbocycles. The Hall–Kier alpha value is -1.26. The maximum absolute atomic E-state index is 13.2. The molecule has 0 spiro atoms. The second kappa shape index (κ2) is 6.07. The van der Waals surface area contributed by atoms with Crippen molar-refractivity contribution in [2.75, 3.05) is 7.05 Å². The van der Waals surface area contributed by atoms with Crippen LogP contribution in [0.15, 0.2) is 35.0 Å². The Morgan fingerprint density at radius 1 is 1.22 bits per heavy atom. The third-order valence-electron chi connectivity index (χ3n) is 2.94. The molecule has 0 radical (unpaired) electrons. The van der Waals surface area contributed by atoms with E-state index in [1.54, 1.807) is 18.4 Å². The Kier molecular flexibility index (Phi) is 4.44. The van der Waals surface area contributed by atoms with E-state index in [0.717, 1.165) is 18.9 Å². The Labute approximate surface area is 109 Å². The predicted octanol–water partition coefficient (Wildman–Crippen LogP) is 3.92. The molecule has 1 atom stereocenters. The van der Waals surface area contributed by atoms with Crippen molar-refractivity contribution in [1.82, 2.24) is 5.32 Å². The first-order valence-electron chi connectivity index (χ1n) is 5.83. The molecule has 1 heterocycles. The maximum atomic E-state index is 13.2. The molecular weight excluding hydrogens is 252 g/mol. The highest BCUT2D eigenvalue weighted by Gasteiger charge is 2.12. The van der Waals surface area contributed by atoms with E-state index in [1.165, 1.54) is 17.7 Å². The minimum absolute atomic E-state index is 0.0323. The summed E-state index contributed by atoms with van der Waals surface area (Å²) in [6.45, 7) is 0. The van der Waals surface area contributed by atoms with Crippen LogP contribution in [0.2, 0.25) is 0 Å². The molecule has 1 aromatic carbocycles. The largest absolute Gasteiger partial charge is 0.313 e. The van der Waals surface area contributed by atoms with E-state index in [9.17, 15) is 8.78 Å². The Balaban J connectivity index is 2.07. The standard InChI is InChI=1S/C14H15F2NS/c1-17-14(3-2-10-4-5-18-9-10)11-6-12(15)8-13(16)7-11/h4-9,14,17H,2-3H2,1H3. The number of rotatable bonds is 5. The zero-order chi connectivity index (χ0) is 13.0. The van der Waals surface area contributed by atoms with Gasteiger partial charge in [0, 0.05) is 12.1 Å². The number of thiophene rings is 1. The topological polar surface area (TPSA) is 12.0 Å². The number of benzene rings is 1. The molecule has 0 saturated carbocycles. The van der Waals surface area contributed by atoms with E-state index in [4.69, 9.17) is 0 Å². The molecule has 2 rings (SSSR count). The van der Waals surface area contributed by atoms with E-state index in [-0.39, 0.29) is 6.04 Å². The quantitative estimate of drug-likeness (QED) is 0.865. The van der Waals surface area contributed by atoms with Gasteiger partial charge in [0.2, 0.25) is 0 Å². The highest BCUT2D eigenvalue weighted by atomic mass is 32.1. The van der Waals surface area contributed by atoms with Crippen LogP contribution in [0.25, 0.3) is 0 Å². The Morgan fingerprint density at radius 2 is 1.94 bits per heavy atom. The van der Waals surface area contributed by atoms with Gasteiger partial charge >= 0.3 is 0 Å². The molecule has 0 bridgehead atoms. The molecule has 1 aromatic heterocycles. The van der Waals surface area contributed by atoms with Gasteiger partial charge in [-0.1, -0.05) is 0 Å². The van der Waals surface area contributed by atoms with Crippen LogP contribution < -0.4 is 5.32 Å². The second-order valence-electron chi connectivity index (χ2n) is 4.21. The summed E-state index contributed by atoms with van der Waals surface area (Å²) in [6.07, 6.45) is 1.71. The lowest BCUT2D eigenvalue weighted by molar-refractivity contribution is 0.529. The summed E-state index contributed by atoms with van der Waals surface area (Å²) in [5.41, 5.74) is 1.92. The summed E-state index contributed by atoms with van der Waals surface area (Å²) in [4.78, 5) is 0. The fraction of sp³-hybridized carbons (Fsp3) is 0.286. The maximum Gasteiger partial charge on any atom is 0.126 e. The van der Waals surface area contributed by atoms with Crippen LogP contribution in [0.5, 0.6) is 0 Å². The summed E-state index contributed by atoms with van der Waals surface area (Å²) in [5, 5.41) is 7.23. The molecular formula is C14H15F2NS. The minimum Gasteiger partial charge on any atom is -0.313 e. The summed E-state index contributed by atoms with van der Waals surface area (Å²) >= 11 is 1.66. The van der Waals surface area contributed by atoms with Gasteiger partial charge < -0.3 is 5.32 Å². The molecule has 0 saturated heterocycles. The summed E-state index contributed by atoms with van der Waals surface area (Å²) < 4.78 is 26.3. The highest BCUT2D eigenvalue weighted by molar-refractivity contribution is 7.07. The summed E-state index contributed by atoms with van der Waals surface area (Å²) in [6, 6.07) is 5.71. The molecule has 1 N–H and O–H groups in total. The molecule has 0 amide bonds. The van der Waals surface area contributed by atoms with Crippen molar-refractivity contribution in [2.45, 2.75) is 18.9 Å². The van der Waals surface area contributed by atoms with Crippen molar-refractivity contribution in [1.29, 1.82) is 0 Å². The molecule has 4 heteroatoms. The molecule has 96 valence electrons. The lowest BCUT2D eigenvalue weighted by Crippen LogP contribution is -2.17. The molecule has 18 heavy (non-hydrogen) atoms. The summed E-state index contributed by atoms with van der Waals surface area (Å²) in [5.74, 6) is -1.05. The van der Waals surface area contributed by atoms with Crippen LogP contribution in [0.3, 0.4) is 0 Å². The van der Waals surface area contributed by atoms with Crippen LogP contribution in [0.4, 0.5) is 8.78 Å². The molecule has 0 fully saturated rings. The van der Waals surface area contributed by atoms with E-state index in [0.29, 0.717) is 5.56 Å². The monoisotopic (exact) mass is 267 g/mol. The minimum atomic E-state index is -0.527. The van der Waals surface area contributed by atoms with Gasteiger partial charge in [-0.25, -0.2) is 8.78 Å². The molecule has 2 aromatic rings. The van der Waals surface area contributed by atoms with E-state index >= 15 is 0 Å². The summed E-state index contributed by atoms with van der Waals surface area (Å²) in [7, 11) is 1.81. The number of aryl methyl sites for hydroxylation is 1. The predicted molar refractivity (Wildman–Crippen MR) is 70.8 cm³/mol. The van der Waals surface area contributed by atoms with Gasteiger partial charge in [0.05, 0.1) is 0 Å². The fourth-order valence-corrected chi connectivity index (χ4v) is 2.70. The third kappa shape index (κ3) is 3.37. The smallest absolute Gasteiger partial charge is 0.126 e. The van der Waals surface area contributed by atoms with Crippen molar-refractivity contribution in [3.63, 3.8) is 0 Å². The SMILES string of the molecule is CNC(CCc1ccsc1)c1cc(F)cc(F)c1. The Bertz CT molecular complexity index is 476.